The highest BCUT2D eigenvalue weighted by atomic mass is 16.3. The van der Waals surface area contributed by atoms with Crippen molar-refractivity contribution < 1.29 is 14.7 Å². The van der Waals surface area contributed by atoms with Crippen molar-refractivity contribution in [3.63, 3.8) is 0 Å². The number of nitrogens with zero attached hydrogens (tertiary/aromatic N) is 3. The fourth-order valence-corrected chi connectivity index (χ4v) is 6.53. The van der Waals surface area contributed by atoms with Crippen LogP contribution < -0.4 is 4.90 Å². The number of hydrogen-bond acceptors (Lipinski definition) is 4. The molecule has 186 valence electrons. The van der Waals surface area contributed by atoms with Crippen molar-refractivity contribution >= 4 is 17.5 Å². The normalized spacial score (nSPS) is 24.2. The van der Waals surface area contributed by atoms with E-state index in [1.54, 1.807) is 19.0 Å². The van der Waals surface area contributed by atoms with E-state index in [9.17, 15) is 14.7 Å². The van der Waals surface area contributed by atoms with Gasteiger partial charge in [-0.25, -0.2) is 0 Å². The second-order valence-corrected chi connectivity index (χ2v) is 10.7. The fourth-order valence-electron chi connectivity index (χ4n) is 6.53. The molecule has 35 heavy (non-hydrogen) atoms. The second kappa shape index (κ2) is 9.65. The van der Waals surface area contributed by atoms with Crippen LogP contribution in [0.2, 0.25) is 0 Å². The number of amides is 2. The first kappa shape index (κ1) is 23.9. The summed E-state index contributed by atoms with van der Waals surface area (Å²) in [6.07, 6.45) is 6.45. The third kappa shape index (κ3) is 4.22. The van der Waals surface area contributed by atoms with E-state index in [2.05, 4.69) is 35.0 Å². The molecule has 5 rings (SSSR count). The number of rotatable bonds is 4. The van der Waals surface area contributed by atoms with Gasteiger partial charge in [-0.2, -0.15) is 0 Å². The van der Waals surface area contributed by atoms with Crippen LogP contribution in [-0.4, -0.2) is 67.1 Å². The Labute approximate surface area is 208 Å². The van der Waals surface area contributed by atoms with Crippen LogP contribution in [0.15, 0.2) is 42.5 Å². The lowest BCUT2D eigenvalue weighted by atomic mass is 9.80. The zero-order chi connectivity index (χ0) is 24.7. The van der Waals surface area contributed by atoms with Crippen LogP contribution >= 0.6 is 0 Å². The van der Waals surface area contributed by atoms with Gasteiger partial charge in [-0.15, -0.1) is 0 Å². The van der Waals surface area contributed by atoms with Crippen LogP contribution in [0.1, 0.15) is 60.5 Å². The number of carbonyl (C=O) groups excluding carboxylic acids is 2. The number of aliphatic hydroxyl groups is 1. The maximum atomic E-state index is 13.7. The van der Waals surface area contributed by atoms with Crippen molar-refractivity contribution in [3.8, 4) is 11.1 Å². The molecule has 1 saturated carbocycles. The quantitative estimate of drug-likeness (QED) is 0.715. The van der Waals surface area contributed by atoms with Gasteiger partial charge < -0.3 is 19.8 Å². The lowest BCUT2D eigenvalue weighted by Crippen LogP contribution is -2.49. The van der Waals surface area contributed by atoms with Crippen LogP contribution in [-0.2, 0) is 4.79 Å². The molecule has 2 aliphatic heterocycles. The van der Waals surface area contributed by atoms with Crippen molar-refractivity contribution in [2.75, 3.05) is 39.2 Å². The number of hydrogen-bond donors (Lipinski definition) is 1. The minimum Gasteiger partial charge on any atom is -0.394 e. The molecule has 2 fully saturated rings. The largest absolute Gasteiger partial charge is 0.394 e. The average Bonchev–Trinajstić information content (AvgIpc) is 3.33. The molecule has 3 aliphatic rings. The van der Waals surface area contributed by atoms with Crippen molar-refractivity contribution in [2.24, 2.45) is 11.8 Å². The van der Waals surface area contributed by atoms with Crippen LogP contribution in [0.3, 0.4) is 0 Å². The molecule has 6 heteroatoms. The molecule has 1 N–H and O–H groups in total. The number of benzene rings is 2. The van der Waals surface area contributed by atoms with E-state index in [4.69, 9.17) is 0 Å². The van der Waals surface area contributed by atoms with E-state index in [0.29, 0.717) is 11.5 Å². The maximum Gasteiger partial charge on any atom is 0.253 e. The molecule has 0 bridgehead atoms. The van der Waals surface area contributed by atoms with E-state index >= 15 is 0 Å². The molecule has 1 saturated heterocycles. The molecular formula is C29H37N3O3. The van der Waals surface area contributed by atoms with Crippen LogP contribution in [0, 0.1) is 11.8 Å². The Morgan fingerprint density at radius 2 is 1.66 bits per heavy atom. The summed E-state index contributed by atoms with van der Waals surface area (Å²) in [5.74, 6) is 0.661. The highest BCUT2D eigenvalue weighted by Gasteiger charge is 2.48. The topological polar surface area (TPSA) is 64.1 Å². The predicted octanol–water partition coefficient (Wildman–Crippen LogP) is 4.34. The SMILES string of the molecule is CN(C)C(=O)c1ccc(-c2ccc3c(c2)[C@@H]2[C@@H](CCN2C(=O)C2CCCCC2)[C@@H](CO)N3C)cc1. The van der Waals surface area contributed by atoms with Gasteiger partial charge in [0.15, 0.2) is 0 Å². The van der Waals surface area contributed by atoms with E-state index in [1.807, 2.05) is 24.3 Å². The lowest BCUT2D eigenvalue weighted by molar-refractivity contribution is -0.138. The molecular weight excluding hydrogens is 438 g/mol. The lowest BCUT2D eigenvalue weighted by Gasteiger charge is -2.45. The monoisotopic (exact) mass is 475 g/mol. The Bertz CT molecular complexity index is 1090. The molecule has 2 heterocycles. The molecule has 0 aromatic heterocycles. The summed E-state index contributed by atoms with van der Waals surface area (Å²) < 4.78 is 0. The Kier molecular flexibility index (Phi) is 6.58. The molecule has 0 radical (unpaired) electrons. The minimum absolute atomic E-state index is 0.00215. The number of anilines is 1. The van der Waals surface area contributed by atoms with E-state index < -0.39 is 0 Å². The first-order chi connectivity index (χ1) is 16.9. The van der Waals surface area contributed by atoms with Gasteiger partial charge >= 0.3 is 0 Å². The van der Waals surface area contributed by atoms with Gasteiger partial charge in [0.05, 0.1) is 18.7 Å². The van der Waals surface area contributed by atoms with Crippen molar-refractivity contribution in [1.29, 1.82) is 0 Å². The molecule has 0 spiro atoms. The molecule has 2 aromatic carbocycles. The Morgan fingerprint density at radius 1 is 0.971 bits per heavy atom. The zero-order valence-corrected chi connectivity index (χ0v) is 21.1. The maximum absolute atomic E-state index is 13.7. The molecule has 3 atom stereocenters. The Morgan fingerprint density at radius 3 is 2.31 bits per heavy atom. The van der Waals surface area contributed by atoms with Crippen molar-refractivity contribution in [1.82, 2.24) is 9.80 Å². The molecule has 6 nitrogen and oxygen atoms in total. The van der Waals surface area contributed by atoms with Gasteiger partial charge in [0, 0.05) is 50.8 Å². The number of carbonyl (C=O) groups is 2. The summed E-state index contributed by atoms with van der Waals surface area (Å²) in [5, 5.41) is 10.3. The number of likely N-dealkylation sites (tertiary alicyclic amines) is 1. The zero-order valence-electron chi connectivity index (χ0n) is 21.1. The first-order valence-corrected chi connectivity index (χ1v) is 13.0. The summed E-state index contributed by atoms with van der Waals surface area (Å²) in [6.45, 7) is 0.853. The van der Waals surface area contributed by atoms with Gasteiger partial charge in [0.25, 0.3) is 5.91 Å². The number of aliphatic hydroxyl groups excluding tert-OH is 1. The third-order valence-electron chi connectivity index (χ3n) is 8.46. The number of likely N-dealkylation sites (N-methyl/N-ethyl adjacent to an activating group) is 1. The standard InChI is InChI=1S/C29H37N3O3/c1-30(2)28(34)21-11-9-19(10-12-21)22-13-14-25-24(17-22)27-23(26(18-33)31(25)3)15-16-32(27)29(35)20-7-5-4-6-8-20/h9-14,17,20,23,26-27,33H,4-8,15-16,18H2,1-3H3/t23-,26+,27-/m0/s1. The first-order valence-electron chi connectivity index (χ1n) is 13.0. The summed E-state index contributed by atoms with van der Waals surface area (Å²) in [7, 11) is 5.57. The van der Waals surface area contributed by atoms with E-state index in [-0.39, 0.29) is 36.4 Å². The number of fused-ring (bicyclic) bond motifs is 3. The van der Waals surface area contributed by atoms with E-state index in [1.165, 1.54) is 12.0 Å². The van der Waals surface area contributed by atoms with Gasteiger partial charge in [0.2, 0.25) is 5.91 Å². The van der Waals surface area contributed by atoms with Crippen molar-refractivity contribution in [3.05, 3.63) is 53.6 Å². The molecule has 2 aromatic rings. The average molecular weight is 476 g/mol. The summed E-state index contributed by atoms with van der Waals surface area (Å²) in [5.41, 5.74) is 5.07. The van der Waals surface area contributed by atoms with Gasteiger partial charge in [-0.3, -0.25) is 9.59 Å². The van der Waals surface area contributed by atoms with Crippen molar-refractivity contribution in [2.45, 2.75) is 50.6 Å². The minimum atomic E-state index is -0.00988. The highest BCUT2D eigenvalue weighted by molar-refractivity contribution is 5.94. The molecule has 2 amide bonds. The van der Waals surface area contributed by atoms with E-state index in [0.717, 1.165) is 55.5 Å². The summed E-state index contributed by atoms with van der Waals surface area (Å²) in [4.78, 5) is 31.9. The van der Waals surface area contributed by atoms with Gasteiger partial charge in [0.1, 0.15) is 0 Å². The van der Waals surface area contributed by atoms with Gasteiger partial charge in [-0.05, 0) is 60.2 Å². The smallest absolute Gasteiger partial charge is 0.253 e. The highest BCUT2D eigenvalue weighted by Crippen LogP contribution is 2.50. The van der Waals surface area contributed by atoms with Crippen LogP contribution in [0.5, 0.6) is 0 Å². The third-order valence-corrected chi connectivity index (χ3v) is 8.46. The predicted molar refractivity (Wildman–Crippen MR) is 138 cm³/mol. The Balaban J connectivity index is 1.51. The summed E-state index contributed by atoms with van der Waals surface area (Å²) >= 11 is 0. The van der Waals surface area contributed by atoms with Crippen LogP contribution in [0.4, 0.5) is 5.69 Å². The molecule has 1 aliphatic carbocycles. The van der Waals surface area contributed by atoms with Crippen LogP contribution in [0.25, 0.3) is 11.1 Å². The fraction of sp³-hybridized carbons (Fsp3) is 0.517. The molecule has 0 unspecified atom stereocenters. The Hall–Kier alpha value is -2.86. The summed E-state index contributed by atoms with van der Waals surface area (Å²) in [6, 6.07) is 14.2. The van der Waals surface area contributed by atoms with Gasteiger partial charge in [-0.1, -0.05) is 37.5 Å². The second-order valence-electron chi connectivity index (χ2n) is 10.7.